The monoisotopic (exact) mass is 369 g/mol. The summed E-state index contributed by atoms with van der Waals surface area (Å²) in [5, 5.41) is 9.14. The highest BCUT2D eigenvalue weighted by Crippen LogP contribution is 2.30. The highest BCUT2D eigenvalue weighted by molar-refractivity contribution is 5.97. The Balaban J connectivity index is 2.21. The van der Waals surface area contributed by atoms with Crippen LogP contribution in [0.5, 0.6) is 11.5 Å². The molecule has 0 N–H and O–H groups in total. The Morgan fingerprint density at radius 2 is 1.81 bits per heavy atom. The van der Waals surface area contributed by atoms with Crippen molar-refractivity contribution in [3.05, 3.63) is 65.0 Å². The molecule has 0 radical (unpaired) electrons. The van der Waals surface area contributed by atoms with Gasteiger partial charge in [0.2, 0.25) is 0 Å². The maximum atomic E-state index is 13.0. The largest absolute Gasteiger partial charge is 0.490 e. The molecule has 0 heterocycles. The van der Waals surface area contributed by atoms with Crippen LogP contribution in [0.1, 0.15) is 25.0 Å². The van der Waals surface area contributed by atoms with E-state index in [-0.39, 0.29) is 24.6 Å². The van der Waals surface area contributed by atoms with Crippen LogP contribution in [0.25, 0.3) is 6.08 Å². The number of halogens is 1. The molecule has 0 saturated heterocycles. The van der Waals surface area contributed by atoms with Gasteiger partial charge in [0.15, 0.2) is 11.5 Å². The molecule has 5 nitrogen and oxygen atoms in total. The van der Waals surface area contributed by atoms with Crippen LogP contribution in [0.15, 0.2) is 48.0 Å². The van der Waals surface area contributed by atoms with E-state index < -0.39 is 5.97 Å². The van der Waals surface area contributed by atoms with Gasteiger partial charge in [-0.1, -0.05) is 18.2 Å². The SMILES string of the molecule is CCOC(=O)/C(C#N)=C\c1ccc(OCc2ccc(F)cc2)c(OCC)c1. The number of hydrogen-bond donors (Lipinski definition) is 0. The van der Waals surface area contributed by atoms with Gasteiger partial charge in [-0.05, 0) is 55.3 Å². The van der Waals surface area contributed by atoms with Crippen LogP contribution in [0.4, 0.5) is 4.39 Å². The normalized spacial score (nSPS) is 10.8. The lowest BCUT2D eigenvalue weighted by Gasteiger charge is -2.13. The zero-order chi connectivity index (χ0) is 19.6. The third-order valence-corrected chi connectivity index (χ3v) is 3.50. The van der Waals surface area contributed by atoms with E-state index in [0.717, 1.165) is 5.56 Å². The Labute approximate surface area is 157 Å². The molecule has 0 bridgehead atoms. The summed E-state index contributed by atoms with van der Waals surface area (Å²) >= 11 is 0. The molecule has 2 aromatic carbocycles. The first kappa shape index (κ1) is 20.0. The Morgan fingerprint density at radius 1 is 1.07 bits per heavy atom. The highest BCUT2D eigenvalue weighted by atomic mass is 19.1. The van der Waals surface area contributed by atoms with Crippen molar-refractivity contribution >= 4 is 12.0 Å². The average Bonchev–Trinajstić information content (AvgIpc) is 2.67. The summed E-state index contributed by atoms with van der Waals surface area (Å²) in [5.41, 5.74) is 1.33. The van der Waals surface area contributed by atoms with Gasteiger partial charge in [0.25, 0.3) is 0 Å². The van der Waals surface area contributed by atoms with Crippen molar-refractivity contribution < 1.29 is 23.4 Å². The van der Waals surface area contributed by atoms with Gasteiger partial charge in [-0.3, -0.25) is 0 Å². The Hall–Kier alpha value is -3.33. The third kappa shape index (κ3) is 5.86. The zero-order valence-electron chi connectivity index (χ0n) is 15.2. The Morgan fingerprint density at radius 3 is 2.44 bits per heavy atom. The number of benzene rings is 2. The quantitative estimate of drug-likeness (QED) is 0.395. The summed E-state index contributed by atoms with van der Waals surface area (Å²) in [4.78, 5) is 11.7. The second kappa shape index (κ2) is 9.97. The molecule has 2 aromatic rings. The average molecular weight is 369 g/mol. The molecule has 140 valence electrons. The van der Waals surface area contributed by atoms with Crippen molar-refractivity contribution in [1.82, 2.24) is 0 Å². The second-order valence-electron chi connectivity index (χ2n) is 5.44. The van der Waals surface area contributed by atoms with E-state index in [2.05, 4.69) is 0 Å². The first-order valence-electron chi connectivity index (χ1n) is 8.50. The van der Waals surface area contributed by atoms with Gasteiger partial charge in [0, 0.05) is 0 Å². The molecule has 0 amide bonds. The number of nitrogens with zero attached hydrogens (tertiary/aromatic N) is 1. The van der Waals surface area contributed by atoms with E-state index in [1.165, 1.54) is 18.2 Å². The smallest absolute Gasteiger partial charge is 0.348 e. The van der Waals surface area contributed by atoms with Gasteiger partial charge >= 0.3 is 5.97 Å². The van der Waals surface area contributed by atoms with Crippen LogP contribution in [0.2, 0.25) is 0 Å². The van der Waals surface area contributed by atoms with Gasteiger partial charge in [-0.15, -0.1) is 0 Å². The summed E-state index contributed by atoms with van der Waals surface area (Å²) in [6.07, 6.45) is 1.43. The molecule has 27 heavy (non-hydrogen) atoms. The van der Waals surface area contributed by atoms with Crippen LogP contribution in [-0.2, 0) is 16.1 Å². The van der Waals surface area contributed by atoms with Crippen molar-refractivity contribution in [3.63, 3.8) is 0 Å². The summed E-state index contributed by atoms with van der Waals surface area (Å²) in [7, 11) is 0. The van der Waals surface area contributed by atoms with Gasteiger partial charge in [0.1, 0.15) is 24.1 Å². The van der Waals surface area contributed by atoms with E-state index in [1.807, 2.05) is 13.0 Å². The lowest BCUT2D eigenvalue weighted by Crippen LogP contribution is -2.06. The number of carbonyl (C=O) groups is 1. The van der Waals surface area contributed by atoms with E-state index in [1.54, 1.807) is 37.3 Å². The molecule has 0 aromatic heterocycles. The number of rotatable bonds is 8. The molecule has 0 unspecified atom stereocenters. The van der Waals surface area contributed by atoms with Crippen molar-refractivity contribution in [3.8, 4) is 17.6 Å². The van der Waals surface area contributed by atoms with Crippen LogP contribution in [0.3, 0.4) is 0 Å². The molecule has 6 heteroatoms. The molecular weight excluding hydrogens is 349 g/mol. The maximum Gasteiger partial charge on any atom is 0.348 e. The number of hydrogen-bond acceptors (Lipinski definition) is 5. The minimum Gasteiger partial charge on any atom is -0.490 e. The van der Waals surface area contributed by atoms with Crippen molar-refractivity contribution in [2.24, 2.45) is 0 Å². The van der Waals surface area contributed by atoms with E-state index in [0.29, 0.717) is 23.7 Å². The van der Waals surface area contributed by atoms with E-state index in [9.17, 15) is 9.18 Å². The Bertz CT molecular complexity index is 853. The molecule has 0 spiro atoms. The summed E-state index contributed by atoms with van der Waals surface area (Å²) in [5.74, 6) is 0.0110. The summed E-state index contributed by atoms with van der Waals surface area (Å²) < 4.78 is 29.2. The third-order valence-electron chi connectivity index (χ3n) is 3.50. The van der Waals surface area contributed by atoms with Crippen LogP contribution < -0.4 is 9.47 Å². The molecule has 0 aliphatic carbocycles. The zero-order valence-corrected chi connectivity index (χ0v) is 15.2. The second-order valence-corrected chi connectivity index (χ2v) is 5.44. The van der Waals surface area contributed by atoms with Gasteiger partial charge in [-0.2, -0.15) is 5.26 Å². The lowest BCUT2D eigenvalue weighted by molar-refractivity contribution is -0.137. The topological polar surface area (TPSA) is 68.6 Å². The van der Waals surface area contributed by atoms with Crippen LogP contribution in [-0.4, -0.2) is 19.2 Å². The number of esters is 1. The molecule has 0 fully saturated rings. The fraction of sp³-hybridized carbons (Fsp3) is 0.238. The van der Waals surface area contributed by atoms with E-state index in [4.69, 9.17) is 19.5 Å². The molecule has 0 saturated carbocycles. The molecule has 2 rings (SSSR count). The number of ether oxygens (including phenoxy) is 3. The standard InChI is InChI=1S/C21H20FNO4/c1-3-25-20-12-16(11-17(13-23)21(24)26-4-2)7-10-19(20)27-14-15-5-8-18(22)9-6-15/h5-12H,3-4,14H2,1-2H3/b17-11-. The predicted octanol–water partition coefficient (Wildman–Crippen LogP) is 4.27. The first-order valence-corrected chi connectivity index (χ1v) is 8.50. The summed E-state index contributed by atoms with van der Waals surface area (Å²) in [6, 6.07) is 12.9. The molecule has 0 atom stereocenters. The van der Waals surface area contributed by atoms with Gasteiger partial charge in [-0.25, -0.2) is 9.18 Å². The van der Waals surface area contributed by atoms with E-state index >= 15 is 0 Å². The Kier molecular flexibility index (Phi) is 7.38. The first-order chi connectivity index (χ1) is 13.1. The van der Waals surface area contributed by atoms with Crippen molar-refractivity contribution in [1.29, 1.82) is 5.26 Å². The van der Waals surface area contributed by atoms with Crippen molar-refractivity contribution in [2.45, 2.75) is 20.5 Å². The fourth-order valence-corrected chi connectivity index (χ4v) is 2.26. The summed E-state index contributed by atoms with van der Waals surface area (Å²) in [6.45, 7) is 4.38. The fourth-order valence-electron chi connectivity index (χ4n) is 2.26. The predicted molar refractivity (Wildman–Crippen MR) is 98.6 cm³/mol. The molecule has 0 aliphatic rings. The number of carbonyl (C=O) groups excluding carboxylic acids is 1. The highest BCUT2D eigenvalue weighted by Gasteiger charge is 2.12. The lowest BCUT2D eigenvalue weighted by atomic mass is 10.1. The van der Waals surface area contributed by atoms with Gasteiger partial charge < -0.3 is 14.2 Å². The van der Waals surface area contributed by atoms with Crippen molar-refractivity contribution in [2.75, 3.05) is 13.2 Å². The van der Waals surface area contributed by atoms with Gasteiger partial charge in [0.05, 0.1) is 13.2 Å². The number of nitriles is 1. The maximum absolute atomic E-state index is 13.0. The molecule has 0 aliphatic heterocycles. The molecular formula is C21H20FNO4. The van der Waals surface area contributed by atoms with Crippen LogP contribution >= 0.6 is 0 Å². The van der Waals surface area contributed by atoms with Crippen LogP contribution in [0, 0.1) is 17.1 Å². The minimum atomic E-state index is -0.672. The minimum absolute atomic E-state index is 0.0979.